The highest BCUT2D eigenvalue weighted by molar-refractivity contribution is 7.98. The molecule has 2 aromatic rings. The number of pyridine rings is 1. The number of aliphatic hydroxyl groups is 1. The normalized spacial score (nSPS) is 12.6. The van der Waals surface area contributed by atoms with Crippen LogP contribution in [-0.4, -0.2) is 10.1 Å². The third-order valence-electron chi connectivity index (χ3n) is 2.18. The molecule has 16 heavy (non-hydrogen) atoms. The first-order valence-corrected chi connectivity index (χ1v) is 6.03. The number of hydrogen-bond acceptors (Lipinski definition) is 4. The summed E-state index contributed by atoms with van der Waals surface area (Å²) < 4.78 is 5.23. The minimum absolute atomic E-state index is 0.461. The molecule has 0 spiro atoms. The van der Waals surface area contributed by atoms with Crippen LogP contribution in [0.5, 0.6) is 0 Å². The van der Waals surface area contributed by atoms with Gasteiger partial charge in [0.1, 0.15) is 5.76 Å². The summed E-state index contributed by atoms with van der Waals surface area (Å²) in [5, 5.41) is 10.3. The number of rotatable bonds is 4. The number of aliphatic hydroxyl groups excluding tert-OH is 1. The molecule has 0 unspecified atom stereocenters. The van der Waals surface area contributed by atoms with Crippen LogP contribution in [0.4, 0.5) is 0 Å². The minimum atomic E-state index is -0.461. The molecule has 0 fully saturated rings. The van der Waals surface area contributed by atoms with Gasteiger partial charge in [-0.2, -0.15) is 0 Å². The van der Waals surface area contributed by atoms with Crippen molar-refractivity contribution in [3.05, 3.63) is 48.0 Å². The summed E-state index contributed by atoms with van der Waals surface area (Å²) in [5.74, 6) is 1.71. The third kappa shape index (κ3) is 2.87. The van der Waals surface area contributed by atoms with E-state index in [1.54, 1.807) is 31.1 Å². The average molecular weight is 235 g/mol. The first-order chi connectivity index (χ1) is 7.75. The van der Waals surface area contributed by atoms with E-state index in [4.69, 9.17) is 4.42 Å². The predicted molar refractivity (Wildman–Crippen MR) is 63.1 cm³/mol. The SMILES string of the molecule is C[C@@H](O)c1ccc(SCc2ccco2)nc1. The van der Waals surface area contributed by atoms with Gasteiger partial charge in [0.15, 0.2) is 0 Å². The number of hydrogen-bond donors (Lipinski definition) is 1. The molecule has 84 valence electrons. The Kier molecular flexibility index (Phi) is 3.64. The Labute approximate surface area is 98.5 Å². The van der Waals surface area contributed by atoms with E-state index in [2.05, 4.69) is 4.98 Å². The van der Waals surface area contributed by atoms with Gasteiger partial charge in [-0.15, -0.1) is 0 Å². The standard InChI is InChI=1S/C12H13NO2S/c1-9(14)10-4-5-12(13-7-10)16-8-11-3-2-6-15-11/h2-7,9,14H,8H2,1H3/t9-/m1/s1. The molecule has 0 bridgehead atoms. The Hall–Kier alpha value is -1.26. The molecule has 2 rings (SSSR count). The molecule has 0 radical (unpaired) electrons. The van der Waals surface area contributed by atoms with Crippen molar-refractivity contribution in [1.82, 2.24) is 4.98 Å². The highest BCUT2D eigenvalue weighted by Crippen LogP contribution is 2.22. The molecule has 0 saturated carbocycles. The summed E-state index contributed by atoms with van der Waals surface area (Å²) in [6, 6.07) is 7.62. The lowest BCUT2D eigenvalue weighted by atomic mass is 10.2. The van der Waals surface area contributed by atoms with Crippen LogP contribution in [0.1, 0.15) is 24.4 Å². The van der Waals surface area contributed by atoms with Crippen molar-refractivity contribution in [2.75, 3.05) is 0 Å². The van der Waals surface area contributed by atoms with Crippen LogP contribution in [-0.2, 0) is 5.75 Å². The molecule has 1 atom stereocenters. The van der Waals surface area contributed by atoms with Gasteiger partial charge in [-0.1, -0.05) is 17.8 Å². The number of nitrogens with zero attached hydrogens (tertiary/aromatic N) is 1. The fourth-order valence-electron chi connectivity index (χ4n) is 1.26. The maximum atomic E-state index is 9.33. The summed E-state index contributed by atoms with van der Waals surface area (Å²) >= 11 is 1.61. The highest BCUT2D eigenvalue weighted by atomic mass is 32.2. The van der Waals surface area contributed by atoms with Gasteiger partial charge in [0.2, 0.25) is 0 Å². The van der Waals surface area contributed by atoms with Crippen LogP contribution in [0.25, 0.3) is 0 Å². The van der Waals surface area contributed by atoms with Crippen molar-refractivity contribution in [1.29, 1.82) is 0 Å². The van der Waals surface area contributed by atoms with Crippen molar-refractivity contribution in [2.45, 2.75) is 23.8 Å². The summed E-state index contributed by atoms with van der Waals surface area (Å²) in [7, 11) is 0. The van der Waals surface area contributed by atoms with Gasteiger partial charge in [0.05, 0.1) is 23.1 Å². The van der Waals surface area contributed by atoms with Gasteiger partial charge in [0.25, 0.3) is 0 Å². The van der Waals surface area contributed by atoms with Crippen LogP contribution in [0.15, 0.2) is 46.2 Å². The van der Waals surface area contributed by atoms with Crippen molar-refractivity contribution >= 4 is 11.8 Å². The average Bonchev–Trinajstić information content (AvgIpc) is 2.80. The van der Waals surface area contributed by atoms with E-state index < -0.39 is 6.10 Å². The van der Waals surface area contributed by atoms with E-state index in [1.807, 2.05) is 24.3 Å². The van der Waals surface area contributed by atoms with Gasteiger partial charge in [0, 0.05) is 6.20 Å². The van der Waals surface area contributed by atoms with Crippen molar-refractivity contribution in [3.8, 4) is 0 Å². The summed E-state index contributed by atoms with van der Waals surface area (Å²) in [5.41, 5.74) is 0.836. The van der Waals surface area contributed by atoms with Gasteiger partial charge in [-0.25, -0.2) is 4.98 Å². The zero-order valence-corrected chi connectivity index (χ0v) is 9.78. The zero-order valence-electron chi connectivity index (χ0n) is 8.96. The fraction of sp³-hybridized carbons (Fsp3) is 0.250. The van der Waals surface area contributed by atoms with E-state index >= 15 is 0 Å². The number of aromatic nitrogens is 1. The summed E-state index contributed by atoms with van der Waals surface area (Å²) in [6.45, 7) is 1.73. The molecular formula is C12H13NO2S. The largest absolute Gasteiger partial charge is 0.468 e. The minimum Gasteiger partial charge on any atom is -0.468 e. The van der Waals surface area contributed by atoms with Crippen molar-refractivity contribution in [2.24, 2.45) is 0 Å². The Morgan fingerprint density at radius 3 is 2.88 bits per heavy atom. The second-order valence-corrected chi connectivity index (χ2v) is 4.47. The van der Waals surface area contributed by atoms with Gasteiger partial charge >= 0.3 is 0 Å². The van der Waals surface area contributed by atoms with Crippen molar-refractivity contribution < 1.29 is 9.52 Å². The van der Waals surface area contributed by atoms with Crippen LogP contribution in [0.3, 0.4) is 0 Å². The van der Waals surface area contributed by atoms with E-state index in [1.165, 1.54) is 0 Å². The van der Waals surface area contributed by atoms with E-state index in [-0.39, 0.29) is 0 Å². The number of furan rings is 1. The van der Waals surface area contributed by atoms with Gasteiger partial charge in [-0.05, 0) is 30.7 Å². The quantitative estimate of drug-likeness (QED) is 0.827. The Bertz CT molecular complexity index is 423. The third-order valence-corrected chi connectivity index (χ3v) is 3.15. The first kappa shape index (κ1) is 11.2. The second-order valence-electron chi connectivity index (χ2n) is 3.47. The van der Waals surface area contributed by atoms with Crippen LogP contribution in [0.2, 0.25) is 0 Å². The van der Waals surface area contributed by atoms with Crippen molar-refractivity contribution in [3.63, 3.8) is 0 Å². The Morgan fingerprint density at radius 1 is 1.44 bits per heavy atom. The topological polar surface area (TPSA) is 46.3 Å². The Balaban J connectivity index is 1.95. The van der Waals surface area contributed by atoms with Gasteiger partial charge < -0.3 is 9.52 Å². The maximum absolute atomic E-state index is 9.33. The first-order valence-electron chi connectivity index (χ1n) is 5.05. The zero-order chi connectivity index (χ0) is 11.4. The molecule has 2 aromatic heterocycles. The molecule has 0 aliphatic heterocycles. The molecule has 4 heteroatoms. The molecule has 0 aliphatic carbocycles. The van der Waals surface area contributed by atoms with E-state index in [9.17, 15) is 5.11 Å². The van der Waals surface area contributed by atoms with Crippen LogP contribution in [0, 0.1) is 0 Å². The molecule has 0 amide bonds. The molecule has 1 N–H and O–H groups in total. The lowest BCUT2D eigenvalue weighted by Gasteiger charge is -2.04. The lowest BCUT2D eigenvalue weighted by molar-refractivity contribution is 0.198. The molecule has 2 heterocycles. The van der Waals surface area contributed by atoms with Crippen LogP contribution < -0.4 is 0 Å². The van der Waals surface area contributed by atoms with Crippen LogP contribution >= 0.6 is 11.8 Å². The summed E-state index contributed by atoms with van der Waals surface area (Å²) in [6.07, 6.45) is 2.91. The summed E-state index contributed by atoms with van der Waals surface area (Å²) in [4.78, 5) is 4.26. The van der Waals surface area contributed by atoms with E-state index in [0.717, 1.165) is 22.1 Å². The highest BCUT2D eigenvalue weighted by Gasteiger charge is 2.03. The molecule has 0 saturated heterocycles. The molecule has 0 aliphatic rings. The smallest absolute Gasteiger partial charge is 0.114 e. The second kappa shape index (κ2) is 5.18. The van der Waals surface area contributed by atoms with Gasteiger partial charge in [-0.3, -0.25) is 0 Å². The molecular weight excluding hydrogens is 222 g/mol. The maximum Gasteiger partial charge on any atom is 0.114 e. The number of thioether (sulfide) groups is 1. The fourth-order valence-corrected chi connectivity index (χ4v) is 2.01. The predicted octanol–water partition coefficient (Wildman–Crippen LogP) is 3.02. The molecule has 3 nitrogen and oxygen atoms in total. The van der Waals surface area contributed by atoms with E-state index in [0.29, 0.717) is 0 Å². The monoisotopic (exact) mass is 235 g/mol. The Morgan fingerprint density at radius 2 is 2.31 bits per heavy atom. The molecule has 0 aromatic carbocycles. The lowest BCUT2D eigenvalue weighted by Crippen LogP contribution is -1.92.